The van der Waals surface area contributed by atoms with Gasteiger partial charge in [-0.3, -0.25) is 14.4 Å². The standard InChI is InChI=1S/C22H24BrN3O3/c1-15-10-18(23)8-9-19(15)24-20(27)14-25(2)22(29)17-11-21(28)26(13-17)12-16-6-4-3-5-7-16/h3-10,17H,11-14H2,1-2H3,(H,24,27)/t17-/m1/s1. The van der Waals surface area contributed by atoms with Gasteiger partial charge >= 0.3 is 0 Å². The van der Waals surface area contributed by atoms with Gasteiger partial charge in [-0.1, -0.05) is 46.3 Å². The number of amides is 3. The van der Waals surface area contributed by atoms with Crippen LogP contribution in [0.4, 0.5) is 5.69 Å². The highest BCUT2D eigenvalue weighted by atomic mass is 79.9. The van der Waals surface area contributed by atoms with Gasteiger partial charge in [0.15, 0.2) is 0 Å². The lowest BCUT2D eigenvalue weighted by Gasteiger charge is -2.21. The molecule has 1 N–H and O–H groups in total. The minimum atomic E-state index is -0.418. The number of aryl methyl sites for hydroxylation is 1. The monoisotopic (exact) mass is 457 g/mol. The molecule has 0 aliphatic carbocycles. The van der Waals surface area contributed by atoms with Crippen molar-refractivity contribution in [1.82, 2.24) is 9.80 Å². The molecule has 0 radical (unpaired) electrons. The van der Waals surface area contributed by atoms with Gasteiger partial charge in [0.05, 0.1) is 12.5 Å². The molecular formula is C22H24BrN3O3. The van der Waals surface area contributed by atoms with Crippen LogP contribution in [0.5, 0.6) is 0 Å². The number of benzene rings is 2. The van der Waals surface area contributed by atoms with Gasteiger partial charge < -0.3 is 15.1 Å². The second-order valence-corrected chi connectivity index (χ2v) is 8.28. The first-order valence-corrected chi connectivity index (χ1v) is 10.3. The summed E-state index contributed by atoms with van der Waals surface area (Å²) in [6.07, 6.45) is 0.184. The fraction of sp³-hybridized carbons (Fsp3) is 0.318. The molecule has 0 bridgehead atoms. The second kappa shape index (κ2) is 9.22. The van der Waals surface area contributed by atoms with Crippen LogP contribution < -0.4 is 5.32 Å². The maximum atomic E-state index is 12.7. The number of hydrogen-bond donors (Lipinski definition) is 1. The van der Waals surface area contributed by atoms with E-state index in [2.05, 4.69) is 21.2 Å². The van der Waals surface area contributed by atoms with Gasteiger partial charge in [-0.05, 0) is 36.2 Å². The third-order valence-corrected chi connectivity index (χ3v) is 5.49. The van der Waals surface area contributed by atoms with E-state index in [-0.39, 0.29) is 30.7 Å². The molecule has 1 atom stereocenters. The van der Waals surface area contributed by atoms with E-state index in [4.69, 9.17) is 0 Å². The van der Waals surface area contributed by atoms with Crippen LogP contribution in [0, 0.1) is 12.8 Å². The molecule has 1 aliphatic heterocycles. The summed E-state index contributed by atoms with van der Waals surface area (Å²) in [6.45, 7) is 2.72. The van der Waals surface area contributed by atoms with E-state index >= 15 is 0 Å². The van der Waals surface area contributed by atoms with Crippen molar-refractivity contribution in [2.45, 2.75) is 19.9 Å². The molecule has 7 heteroatoms. The predicted octanol–water partition coefficient (Wildman–Crippen LogP) is 3.20. The van der Waals surface area contributed by atoms with Crippen LogP contribution in [0.1, 0.15) is 17.5 Å². The molecule has 152 valence electrons. The van der Waals surface area contributed by atoms with Gasteiger partial charge in [0, 0.05) is 36.7 Å². The maximum absolute atomic E-state index is 12.7. The lowest BCUT2D eigenvalue weighted by molar-refractivity contribution is -0.137. The minimum absolute atomic E-state index is 0.0319. The van der Waals surface area contributed by atoms with E-state index in [1.165, 1.54) is 4.90 Å². The number of rotatable bonds is 6. The first kappa shape index (κ1) is 21.0. The molecule has 3 amide bonds. The van der Waals surface area contributed by atoms with Crippen molar-refractivity contribution >= 4 is 39.3 Å². The summed E-state index contributed by atoms with van der Waals surface area (Å²) < 4.78 is 0.936. The van der Waals surface area contributed by atoms with E-state index in [9.17, 15) is 14.4 Å². The van der Waals surface area contributed by atoms with Gasteiger partial charge in [0.25, 0.3) is 0 Å². The summed E-state index contributed by atoms with van der Waals surface area (Å²) in [4.78, 5) is 40.5. The third-order valence-electron chi connectivity index (χ3n) is 5.00. The topological polar surface area (TPSA) is 69.7 Å². The number of nitrogens with one attached hydrogen (secondary N) is 1. The average molecular weight is 458 g/mol. The molecule has 1 fully saturated rings. The summed E-state index contributed by atoms with van der Waals surface area (Å²) >= 11 is 3.39. The average Bonchev–Trinajstić information content (AvgIpc) is 3.04. The highest BCUT2D eigenvalue weighted by molar-refractivity contribution is 9.10. The Labute approximate surface area is 179 Å². The van der Waals surface area contributed by atoms with Gasteiger partial charge in [-0.15, -0.1) is 0 Å². The van der Waals surface area contributed by atoms with E-state index in [1.807, 2.05) is 55.5 Å². The van der Waals surface area contributed by atoms with Crippen molar-refractivity contribution in [3.63, 3.8) is 0 Å². The molecule has 2 aromatic rings. The molecule has 29 heavy (non-hydrogen) atoms. The zero-order valence-corrected chi connectivity index (χ0v) is 18.1. The maximum Gasteiger partial charge on any atom is 0.243 e. The summed E-state index contributed by atoms with van der Waals surface area (Å²) in [5, 5.41) is 2.83. The Balaban J connectivity index is 1.54. The van der Waals surface area contributed by atoms with Gasteiger partial charge in [0.1, 0.15) is 0 Å². The fourth-order valence-corrected chi connectivity index (χ4v) is 3.93. The molecule has 1 heterocycles. The highest BCUT2D eigenvalue weighted by Crippen LogP contribution is 2.22. The van der Waals surface area contributed by atoms with Crippen molar-refractivity contribution in [2.75, 3.05) is 25.5 Å². The fourth-order valence-electron chi connectivity index (χ4n) is 3.46. The molecule has 0 unspecified atom stereocenters. The van der Waals surface area contributed by atoms with Crippen LogP contribution in [0.15, 0.2) is 53.0 Å². The Morgan fingerprint density at radius 3 is 2.62 bits per heavy atom. The molecule has 1 aliphatic rings. The van der Waals surface area contributed by atoms with Gasteiger partial charge in [0.2, 0.25) is 17.7 Å². The van der Waals surface area contributed by atoms with Crippen LogP contribution in [0.2, 0.25) is 0 Å². The first-order chi connectivity index (χ1) is 13.8. The molecule has 0 aromatic heterocycles. The molecule has 2 aromatic carbocycles. The number of carbonyl (C=O) groups excluding carboxylic acids is 3. The number of nitrogens with zero attached hydrogens (tertiary/aromatic N) is 2. The van der Waals surface area contributed by atoms with Crippen LogP contribution in [0.3, 0.4) is 0 Å². The van der Waals surface area contributed by atoms with Gasteiger partial charge in [-0.25, -0.2) is 0 Å². The lowest BCUT2D eigenvalue weighted by Crippen LogP contribution is -2.39. The number of halogens is 1. The molecule has 0 spiro atoms. The Hall–Kier alpha value is -2.67. The molecule has 0 saturated carbocycles. The Morgan fingerprint density at radius 1 is 1.21 bits per heavy atom. The number of likely N-dealkylation sites (tertiary alicyclic amines) is 1. The van der Waals surface area contributed by atoms with Crippen LogP contribution >= 0.6 is 15.9 Å². The van der Waals surface area contributed by atoms with E-state index < -0.39 is 5.92 Å². The molecule has 6 nitrogen and oxygen atoms in total. The minimum Gasteiger partial charge on any atom is -0.338 e. The zero-order valence-electron chi connectivity index (χ0n) is 16.5. The molecule has 1 saturated heterocycles. The van der Waals surface area contributed by atoms with Crippen LogP contribution in [0.25, 0.3) is 0 Å². The van der Waals surface area contributed by atoms with Crippen molar-refractivity contribution < 1.29 is 14.4 Å². The smallest absolute Gasteiger partial charge is 0.243 e. The van der Waals surface area contributed by atoms with Crippen LogP contribution in [-0.2, 0) is 20.9 Å². The Kier molecular flexibility index (Phi) is 6.69. The second-order valence-electron chi connectivity index (χ2n) is 7.36. The Bertz CT molecular complexity index is 917. The quantitative estimate of drug-likeness (QED) is 0.723. The zero-order chi connectivity index (χ0) is 21.0. The first-order valence-electron chi connectivity index (χ1n) is 9.46. The summed E-state index contributed by atoms with van der Waals surface area (Å²) in [5.41, 5.74) is 2.68. The SMILES string of the molecule is Cc1cc(Br)ccc1NC(=O)CN(C)C(=O)[C@@H]1CC(=O)N(Cc2ccccc2)C1. The van der Waals surface area contributed by atoms with E-state index in [0.717, 1.165) is 15.6 Å². The van der Waals surface area contributed by atoms with E-state index in [0.29, 0.717) is 18.8 Å². The van der Waals surface area contributed by atoms with Crippen molar-refractivity contribution in [3.05, 3.63) is 64.1 Å². The van der Waals surface area contributed by atoms with Crippen molar-refractivity contribution in [1.29, 1.82) is 0 Å². The van der Waals surface area contributed by atoms with Crippen molar-refractivity contribution in [3.8, 4) is 0 Å². The third kappa shape index (κ3) is 5.44. The number of anilines is 1. The number of hydrogen-bond acceptors (Lipinski definition) is 3. The summed E-state index contributed by atoms with van der Waals surface area (Å²) in [6, 6.07) is 15.3. The lowest BCUT2D eigenvalue weighted by atomic mass is 10.1. The predicted molar refractivity (Wildman–Crippen MR) is 115 cm³/mol. The summed E-state index contributed by atoms with van der Waals surface area (Å²) in [7, 11) is 1.60. The van der Waals surface area contributed by atoms with Crippen LogP contribution in [-0.4, -0.2) is 47.7 Å². The highest BCUT2D eigenvalue weighted by Gasteiger charge is 2.36. The largest absolute Gasteiger partial charge is 0.338 e. The normalized spacial score (nSPS) is 16.0. The molecule has 3 rings (SSSR count). The number of carbonyl (C=O) groups is 3. The van der Waals surface area contributed by atoms with Crippen molar-refractivity contribution in [2.24, 2.45) is 5.92 Å². The summed E-state index contributed by atoms with van der Waals surface area (Å²) in [5.74, 6) is -0.901. The molecular weight excluding hydrogens is 434 g/mol. The van der Waals surface area contributed by atoms with Gasteiger partial charge in [-0.2, -0.15) is 0 Å². The Morgan fingerprint density at radius 2 is 1.93 bits per heavy atom. The number of likely N-dealkylation sites (N-methyl/N-ethyl adjacent to an activating group) is 1. The van der Waals surface area contributed by atoms with E-state index in [1.54, 1.807) is 11.9 Å².